The zero-order valence-corrected chi connectivity index (χ0v) is 17.0. The molecule has 0 bridgehead atoms. The number of benzene rings is 2. The second kappa shape index (κ2) is 10.7. The number of nitrogens with one attached hydrogen (secondary N) is 2. The molecule has 0 saturated carbocycles. The van der Waals surface area contributed by atoms with Crippen LogP contribution in [0, 0.1) is 0 Å². The van der Waals surface area contributed by atoms with Crippen molar-refractivity contribution in [2.75, 3.05) is 32.2 Å². The van der Waals surface area contributed by atoms with E-state index in [1.165, 1.54) is 5.56 Å². The van der Waals surface area contributed by atoms with Crippen LogP contribution in [0.4, 0.5) is 5.69 Å². The van der Waals surface area contributed by atoms with Gasteiger partial charge in [0.2, 0.25) is 0 Å². The number of rotatable bonds is 9. The number of amides is 2. The molecule has 0 radical (unpaired) electrons. The van der Waals surface area contributed by atoms with Gasteiger partial charge in [-0.3, -0.25) is 9.59 Å². The quantitative estimate of drug-likeness (QED) is 0.592. The summed E-state index contributed by atoms with van der Waals surface area (Å²) in [5, 5.41) is 5.48. The lowest BCUT2D eigenvalue weighted by molar-refractivity contribution is -0.118. The second-order valence-electron chi connectivity index (χ2n) is 5.78. The highest BCUT2D eigenvalue weighted by molar-refractivity contribution is 9.10. The minimum atomic E-state index is -0.279. The van der Waals surface area contributed by atoms with Crippen LogP contribution < -0.4 is 15.4 Å². The van der Waals surface area contributed by atoms with Crippen LogP contribution in [-0.2, 0) is 16.0 Å². The smallest absolute Gasteiger partial charge is 0.262 e. The Morgan fingerprint density at radius 2 is 1.85 bits per heavy atom. The predicted molar refractivity (Wildman–Crippen MR) is 108 cm³/mol. The molecule has 0 aliphatic rings. The molecule has 144 valence electrons. The number of carbonyl (C=O) groups is 2. The van der Waals surface area contributed by atoms with Gasteiger partial charge in [0.1, 0.15) is 5.75 Å². The Kier molecular flexibility index (Phi) is 8.29. The minimum absolute atomic E-state index is 0.108. The average Bonchev–Trinajstić information content (AvgIpc) is 2.67. The highest BCUT2D eigenvalue weighted by Gasteiger charge is 2.08. The molecule has 2 aromatic rings. The van der Waals surface area contributed by atoms with Crippen molar-refractivity contribution in [1.29, 1.82) is 0 Å². The van der Waals surface area contributed by atoms with Crippen molar-refractivity contribution in [3.8, 4) is 5.75 Å². The predicted octanol–water partition coefficient (Wildman–Crippen LogP) is 3.41. The number of hydrogen-bond acceptors (Lipinski definition) is 4. The molecule has 0 fully saturated rings. The Bertz CT molecular complexity index is 778. The van der Waals surface area contributed by atoms with Gasteiger partial charge in [-0.15, -0.1) is 0 Å². The summed E-state index contributed by atoms with van der Waals surface area (Å²) in [6.45, 7) is 2.87. The first kappa shape index (κ1) is 20.9. The van der Waals surface area contributed by atoms with Crippen LogP contribution in [0.1, 0.15) is 22.8 Å². The topological polar surface area (TPSA) is 76.7 Å². The van der Waals surface area contributed by atoms with Gasteiger partial charge in [-0.2, -0.15) is 0 Å². The van der Waals surface area contributed by atoms with Gasteiger partial charge in [-0.25, -0.2) is 0 Å². The Labute approximate surface area is 167 Å². The van der Waals surface area contributed by atoms with Gasteiger partial charge in [-0.1, -0.05) is 13.0 Å². The first-order valence-electron chi connectivity index (χ1n) is 8.61. The molecule has 0 saturated heterocycles. The van der Waals surface area contributed by atoms with Crippen molar-refractivity contribution in [1.82, 2.24) is 5.32 Å². The molecule has 0 aliphatic carbocycles. The van der Waals surface area contributed by atoms with E-state index in [-0.39, 0.29) is 18.4 Å². The molecule has 7 heteroatoms. The number of hydrogen-bond donors (Lipinski definition) is 2. The van der Waals surface area contributed by atoms with Gasteiger partial charge < -0.3 is 20.1 Å². The standard InChI is InChI=1S/C20H23BrN2O4/c1-3-14-4-9-18(17(21)12-14)27-13-19(24)23-16-7-5-15(6-8-16)20(25)22-10-11-26-2/h4-9,12H,3,10-11,13H2,1-2H3,(H,22,25)(H,23,24). The van der Waals surface area contributed by atoms with Crippen LogP contribution in [0.25, 0.3) is 0 Å². The minimum Gasteiger partial charge on any atom is -0.483 e. The van der Waals surface area contributed by atoms with E-state index in [1.54, 1.807) is 31.4 Å². The zero-order chi connectivity index (χ0) is 19.6. The zero-order valence-electron chi connectivity index (χ0n) is 15.4. The van der Waals surface area contributed by atoms with Crippen LogP contribution in [0.15, 0.2) is 46.9 Å². The fourth-order valence-corrected chi connectivity index (χ4v) is 2.84. The largest absolute Gasteiger partial charge is 0.483 e. The van der Waals surface area contributed by atoms with Gasteiger partial charge in [0.25, 0.3) is 11.8 Å². The molecule has 0 aliphatic heterocycles. The molecule has 0 heterocycles. The molecule has 27 heavy (non-hydrogen) atoms. The third kappa shape index (κ3) is 6.69. The van der Waals surface area contributed by atoms with Crippen LogP contribution in [0.5, 0.6) is 5.75 Å². The normalized spacial score (nSPS) is 10.3. The second-order valence-corrected chi connectivity index (χ2v) is 6.64. The summed E-state index contributed by atoms with van der Waals surface area (Å²) in [6, 6.07) is 12.4. The van der Waals surface area contributed by atoms with Crippen molar-refractivity contribution in [3.05, 3.63) is 58.1 Å². The van der Waals surface area contributed by atoms with E-state index >= 15 is 0 Å². The summed E-state index contributed by atoms with van der Waals surface area (Å²) in [5.41, 5.74) is 2.29. The maximum atomic E-state index is 12.1. The van der Waals surface area contributed by atoms with Crippen molar-refractivity contribution >= 4 is 33.4 Å². The van der Waals surface area contributed by atoms with E-state index < -0.39 is 0 Å². The molecular weight excluding hydrogens is 412 g/mol. The Morgan fingerprint density at radius 1 is 1.11 bits per heavy atom. The molecule has 2 rings (SSSR count). The molecule has 2 N–H and O–H groups in total. The van der Waals surface area contributed by atoms with E-state index in [0.29, 0.717) is 30.2 Å². The monoisotopic (exact) mass is 434 g/mol. The molecule has 0 aromatic heterocycles. The average molecular weight is 435 g/mol. The molecule has 2 amide bonds. The van der Waals surface area contributed by atoms with Crippen molar-refractivity contribution < 1.29 is 19.1 Å². The Balaban J connectivity index is 1.84. The summed E-state index contributed by atoms with van der Waals surface area (Å²) < 4.78 is 11.3. The van der Waals surface area contributed by atoms with Crippen LogP contribution in [0.3, 0.4) is 0 Å². The van der Waals surface area contributed by atoms with E-state index in [0.717, 1.165) is 10.9 Å². The summed E-state index contributed by atoms with van der Waals surface area (Å²) in [4.78, 5) is 24.0. The van der Waals surface area contributed by atoms with Gasteiger partial charge in [-0.05, 0) is 64.3 Å². The van der Waals surface area contributed by atoms with E-state index in [9.17, 15) is 9.59 Å². The number of aryl methyl sites for hydroxylation is 1. The van der Waals surface area contributed by atoms with Crippen LogP contribution in [-0.4, -0.2) is 38.7 Å². The number of anilines is 1. The van der Waals surface area contributed by atoms with Crippen molar-refractivity contribution in [2.24, 2.45) is 0 Å². The van der Waals surface area contributed by atoms with Crippen LogP contribution >= 0.6 is 15.9 Å². The van der Waals surface area contributed by atoms with Gasteiger partial charge in [0.15, 0.2) is 6.61 Å². The summed E-state index contributed by atoms with van der Waals surface area (Å²) in [5.74, 6) is 0.151. The lowest BCUT2D eigenvalue weighted by atomic mass is 10.2. The van der Waals surface area contributed by atoms with Gasteiger partial charge in [0.05, 0.1) is 11.1 Å². The fourth-order valence-electron chi connectivity index (χ4n) is 2.30. The number of ether oxygens (including phenoxy) is 2. The maximum Gasteiger partial charge on any atom is 0.262 e. The summed E-state index contributed by atoms with van der Waals surface area (Å²) in [6.07, 6.45) is 0.930. The lowest BCUT2D eigenvalue weighted by Gasteiger charge is -2.10. The molecule has 0 spiro atoms. The molecular formula is C20H23BrN2O4. The molecule has 0 unspecified atom stereocenters. The fraction of sp³-hybridized carbons (Fsp3) is 0.300. The Hall–Kier alpha value is -2.38. The first-order valence-corrected chi connectivity index (χ1v) is 9.41. The highest BCUT2D eigenvalue weighted by atomic mass is 79.9. The van der Waals surface area contributed by atoms with E-state index in [4.69, 9.17) is 9.47 Å². The van der Waals surface area contributed by atoms with Gasteiger partial charge >= 0.3 is 0 Å². The third-order valence-electron chi connectivity index (χ3n) is 3.79. The lowest BCUT2D eigenvalue weighted by Crippen LogP contribution is -2.26. The number of halogens is 1. The summed E-state index contributed by atoms with van der Waals surface area (Å²) in [7, 11) is 1.58. The Morgan fingerprint density at radius 3 is 2.48 bits per heavy atom. The van der Waals surface area contributed by atoms with Gasteiger partial charge in [0, 0.05) is 24.9 Å². The first-order chi connectivity index (χ1) is 13.0. The van der Waals surface area contributed by atoms with Crippen molar-refractivity contribution in [3.63, 3.8) is 0 Å². The summed E-state index contributed by atoms with van der Waals surface area (Å²) >= 11 is 3.45. The number of carbonyl (C=O) groups excluding carboxylic acids is 2. The van der Waals surface area contributed by atoms with Crippen molar-refractivity contribution in [2.45, 2.75) is 13.3 Å². The van der Waals surface area contributed by atoms with E-state index in [1.807, 2.05) is 18.2 Å². The van der Waals surface area contributed by atoms with Crippen LogP contribution in [0.2, 0.25) is 0 Å². The highest BCUT2D eigenvalue weighted by Crippen LogP contribution is 2.26. The number of methoxy groups -OCH3 is 1. The maximum absolute atomic E-state index is 12.1. The van der Waals surface area contributed by atoms with E-state index in [2.05, 4.69) is 33.5 Å². The molecule has 2 aromatic carbocycles. The third-order valence-corrected chi connectivity index (χ3v) is 4.41. The SMILES string of the molecule is CCc1ccc(OCC(=O)Nc2ccc(C(=O)NCCOC)cc2)c(Br)c1. The molecule has 0 atom stereocenters. The molecule has 6 nitrogen and oxygen atoms in total.